The molecule has 9 nitrogen and oxygen atoms in total. The van der Waals surface area contributed by atoms with Crippen molar-refractivity contribution in [2.45, 2.75) is 44.2 Å². The van der Waals surface area contributed by atoms with E-state index in [1.54, 1.807) is 24.4 Å². The van der Waals surface area contributed by atoms with Crippen molar-refractivity contribution in [1.82, 2.24) is 34.2 Å². The number of H-pyrrole nitrogens is 1. The van der Waals surface area contributed by atoms with E-state index in [4.69, 9.17) is 4.42 Å². The molecule has 0 saturated carbocycles. The molecular weight excluding hydrogens is 647 g/mol. The first-order valence-electron chi connectivity index (χ1n) is 15.0. The summed E-state index contributed by atoms with van der Waals surface area (Å²) in [6.45, 7) is -1.09. The molecule has 0 atom stereocenters. The summed E-state index contributed by atoms with van der Waals surface area (Å²) in [5.41, 5.74) is 2.44. The van der Waals surface area contributed by atoms with E-state index in [1.165, 1.54) is 38.4 Å². The van der Waals surface area contributed by atoms with E-state index in [0.29, 0.717) is 16.8 Å². The van der Waals surface area contributed by atoms with Crippen LogP contribution in [0, 0.1) is 5.82 Å². The van der Waals surface area contributed by atoms with Crippen LogP contribution in [0.2, 0.25) is 0 Å². The molecule has 6 aromatic rings. The van der Waals surface area contributed by atoms with Crippen LogP contribution >= 0.6 is 0 Å². The zero-order valence-electron chi connectivity index (χ0n) is 24.9. The van der Waals surface area contributed by atoms with Crippen molar-refractivity contribution in [2.75, 3.05) is 19.6 Å². The van der Waals surface area contributed by atoms with Gasteiger partial charge in [0, 0.05) is 54.1 Å². The molecule has 250 valence electrons. The number of aromatic nitrogens is 6. The summed E-state index contributed by atoms with van der Waals surface area (Å²) in [5, 5.41) is 7.67. The van der Waals surface area contributed by atoms with Crippen molar-refractivity contribution >= 4 is 21.9 Å². The van der Waals surface area contributed by atoms with E-state index in [-0.39, 0.29) is 55.0 Å². The number of aromatic amines is 1. The molecule has 0 radical (unpaired) electrons. The Labute approximate surface area is 266 Å². The molecule has 1 aliphatic rings. The van der Waals surface area contributed by atoms with Gasteiger partial charge in [-0.3, -0.25) is 19.0 Å². The predicted octanol–water partition coefficient (Wildman–Crippen LogP) is 7.06. The summed E-state index contributed by atoms with van der Waals surface area (Å²) in [5.74, 6) is -5.75. The summed E-state index contributed by atoms with van der Waals surface area (Å²) in [4.78, 5) is 22.8. The molecule has 0 amide bonds. The van der Waals surface area contributed by atoms with Crippen LogP contribution in [-0.4, -0.2) is 66.2 Å². The van der Waals surface area contributed by atoms with Crippen LogP contribution in [0.4, 0.5) is 30.7 Å². The summed E-state index contributed by atoms with van der Waals surface area (Å²) in [6.07, 6.45) is -3.24. The SMILES string of the molecule is O=c1n(Cc2ccc(-c3nnc(C(F)F)o3)cn2)c2cc(F)c(-c3cccc4[nH]ccc34)cc2n1C1CCN(CC(F)(F)C(F)F)CC1. The minimum absolute atomic E-state index is 0.0504. The Morgan fingerprint density at radius 3 is 2.46 bits per heavy atom. The Morgan fingerprint density at radius 2 is 1.77 bits per heavy atom. The van der Waals surface area contributed by atoms with Gasteiger partial charge in [0.2, 0.25) is 5.89 Å². The molecule has 4 aromatic heterocycles. The third kappa shape index (κ3) is 5.73. The number of benzene rings is 2. The summed E-state index contributed by atoms with van der Waals surface area (Å²) < 4.78 is 103. The van der Waals surface area contributed by atoms with Crippen molar-refractivity contribution in [3.05, 3.63) is 88.8 Å². The standard InChI is InChI=1S/C32H26F7N7O2/c33-23-13-25-26(12-22(23)20-2-1-3-24-21(20)6-9-40-24)46(19-7-10-44(11-8-19)16-32(38,39)30(36)37)31(47)45(25)15-18-5-4-17(14-41-18)28-42-43-29(48-28)27(34)35/h1-6,9,12-14,19,27,30,40H,7-8,10-11,15-16H2. The van der Waals surface area contributed by atoms with Gasteiger partial charge in [-0.2, -0.15) is 17.6 Å². The van der Waals surface area contributed by atoms with Crippen molar-refractivity contribution in [1.29, 1.82) is 0 Å². The maximum Gasteiger partial charge on any atom is 0.329 e. The number of halogens is 7. The van der Waals surface area contributed by atoms with Crippen LogP contribution in [0.5, 0.6) is 0 Å². The molecular formula is C32H26F7N7O2. The van der Waals surface area contributed by atoms with Crippen molar-refractivity contribution < 1.29 is 35.2 Å². The van der Waals surface area contributed by atoms with Crippen molar-refractivity contribution in [3.63, 3.8) is 0 Å². The summed E-state index contributed by atoms with van der Waals surface area (Å²) in [6, 6.07) is 12.6. The van der Waals surface area contributed by atoms with Crippen LogP contribution < -0.4 is 5.69 Å². The van der Waals surface area contributed by atoms with Gasteiger partial charge in [-0.15, -0.1) is 10.2 Å². The van der Waals surface area contributed by atoms with Gasteiger partial charge in [0.05, 0.1) is 35.4 Å². The monoisotopic (exact) mass is 673 g/mol. The number of alkyl halides is 6. The Kier molecular flexibility index (Phi) is 8.05. The van der Waals surface area contributed by atoms with Crippen LogP contribution in [0.3, 0.4) is 0 Å². The number of pyridine rings is 1. The highest BCUT2D eigenvalue weighted by molar-refractivity contribution is 5.97. The summed E-state index contributed by atoms with van der Waals surface area (Å²) in [7, 11) is 0. The number of rotatable bonds is 9. The highest BCUT2D eigenvalue weighted by atomic mass is 19.3. The number of fused-ring (bicyclic) bond motifs is 2. The Bertz CT molecular complexity index is 2150. The van der Waals surface area contributed by atoms with E-state index >= 15 is 4.39 Å². The molecule has 1 aliphatic heterocycles. The van der Waals surface area contributed by atoms with Gasteiger partial charge >= 0.3 is 24.5 Å². The third-order valence-corrected chi connectivity index (χ3v) is 8.63. The van der Waals surface area contributed by atoms with Crippen LogP contribution in [0.1, 0.15) is 36.9 Å². The second-order valence-electron chi connectivity index (χ2n) is 11.7. The van der Waals surface area contributed by atoms with E-state index in [2.05, 4.69) is 20.2 Å². The van der Waals surface area contributed by atoms with Crippen LogP contribution in [0.15, 0.2) is 70.1 Å². The largest absolute Gasteiger partial charge is 0.415 e. The molecule has 48 heavy (non-hydrogen) atoms. The number of hydrogen-bond donors (Lipinski definition) is 1. The van der Waals surface area contributed by atoms with Crippen molar-refractivity contribution in [2.24, 2.45) is 0 Å². The second-order valence-corrected chi connectivity index (χ2v) is 11.7. The fourth-order valence-corrected chi connectivity index (χ4v) is 6.28. The van der Waals surface area contributed by atoms with Gasteiger partial charge in [0.1, 0.15) is 5.82 Å². The fourth-order valence-electron chi connectivity index (χ4n) is 6.28. The Hall–Kier alpha value is -4.99. The van der Waals surface area contributed by atoms with E-state index in [9.17, 15) is 31.1 Å². The zero-order valence-corrected chi connectivity index (χ0v) is 24.9. The molecule has 0 aliphatic carbocycles. The lowest BCUT2D eigenvalue weighted by atomic mass is 10.00. The van der Waals surface area contributed by atoms with Gasteiger partial charge in [0.25, 0.3) is 5.89 Å². The predicted molar refractivity (Wildman–Crippen MR) is 161 cm³/mol. The number of likely N-dealkylation sites (tertiary alicyclic amines) is 1. The molecule has 16 heteroatoms. The number of hydrogen-bond acceptors (Lipinski definition) is 6. The first kappa shape index (κ1) is 31.6. The lowest BCUT2D eigenvalue weighted by Crippen LogP contribution is -2.46. The van der Waals surface area contributed by atoms with Gasteiger partial charge in [-0.1, -0.05) is 12.1 Å². The van der Waals surface area contributed by atoms with Crippen molar-refractivity contribution in [3.8, 4) is 22.6 Å². The Balaban J connectivity index is 1.27. The molecule has 0 unspecified atom stereocenters. The average molecular weight is 674 g/mol. The van der Waals surface area contributed by atoms with E-state index < -0.39 is 48.8 Å². The molecule has 2 aromatic carbocycles. The third-order valence-electron chi connectivity index (χ3n) is 8.63. The van der Waals surface area contributed by atoms with Crippen LogP contribution in [0.25, 0.3) is 44.5 Å². The molecule has 7 rings (SSSR count). The normalized spacial score (nSPS) is 15.1. The smallest absolute Gasteiger partial charge is 0.329 e. The second kappa shape index (κ2) is 12.2. The lowest BCUT2D eigenvalue weighted by molar-refractivity contribution is -0.144. The topological polar surface area (TPSA) is 97.8 Å². The molecule has 1 saturated heterocycles. The highest BCUT2D eigenvalue weighted by Crippen LogP contribution is 2.35. The molecule has 5 heterocycles. The molecule has 0 spiro atoms. The molecule has 1 fully saturated rings. The van der Waals surface area contributed by atoms with E-state index in [0.717, 1.165) is 10.9 Å². The molecule has 0 bridgehead atoms. The lowest BCUT2D eigenvalue weighted by Gasteiger charge is -2.34. The van der Waals surface area contributed by atoms with Crippen LogP contribution in [-0.2, 0) is 6.54 Å². The van der Waals surface area contributed by atoms with Gasteiger partial charge in [0.15, 0.2) is 0 Å². The zero-order chi connectivity index (χ0) is 33.7. The number of nitrogens with one attached hydrogen (secondary N) is 1. The van der Waals surface area contributed by atoms with Gasteiger partial charge in [-0.05, 0) is 48.7 Å². The van der Waals surface area contributed by atoms with Gasteiger partial charge in [-0.25, -0.2) is 18.0 Å². The van der Waals surface area contributed by atoms with E-state index in [1.807, 2.05) is 12.1 Å². The maximum absolute atomic E-state index is 15.9. The minimum atomic E-state index is -4.16. The summed E-state index contributed by atoms with van der Waals surface area (Å²) >= 11 is 0. The molecule has 1 N–H and O–H groups in total. The maximum atomic E-state index is 15.9. The fraction of sp³-hybridized carbons (Fsp3) is 0.312. The first-order chi connectivity index (χ1) is 23.0. The first-order valence-corrected chi connectivity index (χ1v) is 15.0. The number of piperidine rings is 1. The van der Waals surface area contributed by atoms with Gasteiger partial charge < -0.3 is 9.40 Å². The highest BCUT2D eigenvalue weighted by Gasteiger charge is 2.43. The quantitative estimate of drug-likeness (QED) is 0.165. The number of imidazole rings is 1. The average Bonchev–Trinajstić information content (AvgIpc) is 3.81. The Morgan fingerprint density at radius 1 is 0.979 bits per heavy atom. The minimum Gasteiger partial charge on any atom is -0.415 e. The number of nitrogens with zero attached hydrogens (tertiary/aromatic N) is 6.